The van der Waals surface area contributed by atoms with Crippen LogP contribution in [-0.4, -0.2) is 0 Å². The Morgan fingerprint density at radius 2 is 0.735 bits per heavy atom. The zero-order chi connectivity index (χ0) is 33.8. The fraction of sp³-hybridized carbons (Fsp3) is 0.125. The molecule has 240 valence electrons. The molecule has 1 atom stereocenters. The Hall–Kier alpha value is -5.03. The summed E-state index contributed by atoms with van der Waals surface area (Å²) in [6, 6.07) is 66.9. The number of hydrogen-bond donors (Lipinski definition) is 0. The van der Waals surface area contributed by atoms with Crippen molar-refractivity contribution in [3.05, 3.63) is 221 Å². The van der Waals surface area contributed by atoms with Gasteiger partial charge >= 0.3 is 0 Å². The molecule has 0 aliphatic rings. The van der Waals surface area contributed by atoms with Crippen LogP contribution in [0.1, 0.15) is 71.6 Å². The molecule has 0 aliphatic carbocycles. The average Bonchev–Trinajstić information content (AvgIpc) is 3.13. The van der Waals surface area contributed by atoms with Crippen LogP contribution < -0.4 is 5.30 Å². The van der Waals surface area contributed by atoms with Gasteiger partial charge in [-0.3, -0.25) is 0 Å². The molecule has 7 aromatic carbocycles. The van der Waals surface area contributed by atoms with Crippen molar-refractivity contribution in [1.29, 1.82) is 0 Å². The molecular formula is C48H43P. The third kappa shape index (κ3) is 6.94. The van der Waals surface area contributed by atoms with Gasteiger partial charge in [-0.15, -0.1) is 9.24 Å². The third-order valence-corrected chi connectivity index (χ3v) is 10.0. The lowest BCUT2D eigenvalue weighted by molar-refractivity contribution is 0.596. The maximum Gasteiger partial charge on any atom is 0.0340 e. The first kappa shape index (κ1) is 32.5. The van der Waals surface area contributed by atoms with Crippen molar-refractivity contribution in [1.82, 2.24) is 0 Å². The van der Waals surface area contributed by atoms with E-state index in [-0.39, 0.29) is 17.3 Å². The third-order valence-electron chi connectivity index (χ3n) is 9.55. The smallest absolute Gasteiger partial charge is 0.0340 e. The molecule has 0 fully saturated rings. The van der Waals surface area contributed by atoms with Crippen molar-refractivity contribution in [2.24, 2.45) is 0 Å². The normalized spacial score (nSPS) is 11.6. The van der Waals surface area contributed by atoms with Gasteiger partial charge in [0.1, 0.15) is 0 Å². The van der Waals surface area contributed by atoms with Gasteiger partial charge in [0.25, 0.3) is 0 Å². The zero-order valence-corrected chi connectivity index (χ0v) is 29.7. The van der Waals surface area contributed by atoms with Crippen molar-refractivity contribution in [2.75, 3.05) is 0 Å². The summed E-state index contributed by atoms with van der Waals surface area (Å²) >= 11 is 0. The summed E-state index contributed by atoms with van der Waals surface area (Å²) in [5.41, 5.74) is 14.1. The van der Waals surface area contributed by atoms with Crippen LogP contribution in [0, 0.1) is 0 Å². The van der Waals surface area contributed by atoms with E-state index in [1.54, 1.807) is 0 Å². The molecule has 0 heterocycles. The Balaban J connectivity index is 1.54. The van der Waals surface area contributed by atoms with E-state index in [0.717, 1.165) is 0 Å². The number of rotatable bonds is 8. The minimum absolute atomic E-state index is 0.0226. The molecule has 0 spiro atoms. The van der Waals surface area contributed by atoms with Gasteiger partial charge in [0.05, 0.1) is 0 Å². The molecule has 7 aromatic rings. The molecule has 0 N–H and O–H groups in total. The van der Waals surface area contributed by atoms with Crippen LogP contribution in [-0.2, 0) is 5.41 Å². The van der Waals surface area contributed by atoms with Gasteiger partial charge in [-0.05, 0) is 71.9 Å². The summed E-state index contributed by atoms with van der Waals surface area (Å²) in [6.45, 7) is 6.94. The molecular weight excluding hydrogens is 608 g/mol. The quantitative estimate of drug-likeness (QED) is 0.113. The maximum absolute atomic E-state index is 2.99. The SMILES string of the molecule is CC(C)(C)c1c(P)cccc1-c1ccccc1-c1cc(C(c2ccccc2)c2ccccc2)cc(C(c2ccccc2)c2ccccc2)c1. The minimum atomic E-state index is -0.0226. The standard InChI is InChI=1S/C48H43P/c1-48(2,3)47-43(29-18-30-44(47)49)42-28-17-16-27-41(42)38-31-39(45(34-19-8-4-9-20-34)35-21-10-5-11-22-35)33-40(32-38)46(36-23-12-6-13-24-36)37-25-14-7-15-26-37/h4-33,45-46H,49H2,1-3H3. The summed E-state index contributed by atoms with van der Waals surface area (Å²) in [5, 5.41) is 1.25. The Morgan fingerprint density at radius 1 is 0.367 bits per heavy atom. The van der Waals surface area contributed by atoms with Crippen molar-refractivity contribution in [3.63, 3.8) is 0 Å². The molecule has 1 unspecified atom stereocenters. The van der Waals surface area contributed by atoms with Crippen LogP contribution in [0.2, 0.25) is 0 Å². The number of benzene rings is 7. The molecule has 0 saturated carbocycles. The highest BCUT2D eigenvalue weighted by molar-refractivity contribution is 7.27. The van der Waals surface area contributed by atoms with Crippen molar-refractivity contribution in [2.45, 2.75) is 38.0 Å². The first-order valence-corrected chi connectivity index (χ1v) is 17.8. The fourth-order valence-corrected chi connectivity index (χ4v) is 8.20. The molecule has 49 heavy (non-hydrogen) atoms. The Labute approximate surface area is 294 Å². The minimum Gasteiger partial charge on any atom is -0.105 e. The molecule has 1 heteroatoms. The van der Waals surface area contributed by atoms with Crippen LogP contribution in [0.3, 0.4) is 0 Å². The van der Waals surface area contributed by atoms with Crippen molar-refractivity contribution < 1.29 is 0 Å². The van der Waals surface area contributed by atoms with Crippen LogP contribution in [0.4, 0.5) is 0 Å². The highest BCUT2D eigenvalue weighted by Gasteiger charge is 2.25. The highest BCUT2D eigenvalue weighted by Crippen LogP contribution is 2.43. The zero-order valence-electron chi connectivity index (χ0n) is 28.6. The largest absolute Gasteiger partial charge is 0.105 e. The van der Waals surface area contributed by atoms with Gasteiger partial charge in [0.2, 0.25) is 0 Å². The topological polar surface area (TPSA) is 0 Å². The second-order valence-electron chi connectivity index (χ2n) is 14.0. The van der Waals surface area contributed by atoms with Gasteiger partial charge in [-0.2, -0.15) is 0 Å². The fourth-order valence-electron chi connectivity index (χ4n) is 7.50. The molecule has 0 radical (unpaired) electrons. The molecule has 0 aliphatic heterocycles. The Kier molecular flexibility index (Phi) is 9.43. The number of hydrogen-bond acceptors (Lipinski definition) is 0. The second-order valence-corrected chi connectivity index (χ2v) is 14.6. The summed E-state index contributed by atoms with van der Waals surface area (Å²) < 4.78 is 0. The maximum atomic E-state index is 2.99. The molecule has 0 amide bonds. The molecule has 0 saturated heterocycles. The first-order valence-electron chi connectivity index (χ1n) is 17.2. The van der Waals surface area contributed by atoms with Crippen molar-refractivity contribution >= 4 is 14.5 Å². The van der Waals surface area contributed by atoms with Gasteiger partial charge in [0.15, 0.2) is 0 Å². The lowest BCUT2D eigenvalue weighted by Crippen LogP contribution is -2.20. The van der Waals surface area contributed by atoms with Crippen LogP contribution in [0.25, 0.3) is 22.3 Å². The van der Waals surface area contributed by atoms with E-state index in [0.29, 0.717) is 0 Å². The summed E-state index contributed by atoms with van der Waals surface area (Å²) in [6.07, 6.45) is 0. The van der Waals surface area contributed by atoms with E-state index < -0.39 is 0 Å². The highest BCUT2D eigenvalue weighted by atomic mass is 31.0. The molecule has 0 aromatic heterocycles. The van der Waals surface area contributed by atoms with Gasteiger partial charge in [-0.1, -0.05) is 203 Å². The first-order chi connectivity index (χ1) is 23.9. The van der Waals surface area contributed by atoms with Gasteiger partial charge in [-0.25, -0.2) is 0 Å². The Bertz CT molecular complexity index is 1960. The van der Waals surface area contributed by atoms with Crippen LogP contribution in [0.15, 0.2) is 182 Å². The lowest BCUT2D eigenvalue weighted by Gasteiger charge is -2.27. The van der Waals surface area contributed by atoms with E-state index in [1.165, 1.54) is 66.5 Å². The monoisotopic (exact) mass is 650 g/mol. The van der Waals surface area contributed by atoms with Gasteiger partial charge < -0.3 is 0 Å². The van der Waals surface area contributed by atoms with Gasteiger partial charge in [0, 0.05) is 11.8 Å². The van der Waals surface area contributed by atoms with Crippen LogP contribution >= 0.6 is 9.24 Å². The van der Waals surface area contributed by atoms with E-state index in [9.17, 15) is 0 Å². The molecule has 7 rings (SSSR count). The lowest BCUT2D eigenvalue weighted by atomic mass is 9.77. The Morgan fingerprint density at radius 3 is 1.14 bits per heavy atom. The van der Waals surface area contributed by atoms with E-state index >= 15 is 0 Å². The average molecular weight is 651 g/mol. The van der Waals surface area contributed by atoms with Crippen LogP contribution in [0.5, 0.6) is 0 Å². The molecule has 0 bridgehead atoms. The molecule has 0 nitrogen and oxygen atoms in total. The predicted octanol–water partition coefficient (Wildman–Crippen LogP) is 12.2. The van der Waals surface area contributed by atoms with E-state index in [1.807, 2.05) is 0 Å². The summed E-state index contributed by atoms with van der Waals surface area (Å²) in [4.78, 5) is 0. The summed E-state index contributed by atoms with van der Waals surface area (Å²) in [7, 11) is 2.99. The second kappa shape index (κ2) is 14.2. The predicted molar refractivity (Wildman–Crippen MR) is 213 cm³/mol. The van der Waals surface area contributed by atoms with Crippen molar-refractivity contribution in [3.8, 4) is 22.3 Å². The van der Waals surface area contributed by atoms with E-state index in [2.05, 4.69) is 212 Å². The summed E-state index contributed by atoms with van der Waals surface area (Å²) in [5.74, 6) is 0.141. The van der Waals surface area contributed by atoms with E-state index in [4.69, 9.17) is 0 Å².